The van der Waals surface area contributed by atoms with E-state index in [0.717, 1.165) is 38.0 Å². The second-order valence-electron chi connectivity index (χ2n) is 5.48. The second kappa shape index (κ2) is 6.14. The van der Waals surface area contributed by atoms with Gasteiger partial charge < -0.3 is 9.64 Å². The van der Waals surface area contributed by atoms with E-state index >= 15 is 0 Å². The van der Waals surface area contributed by atoms with Crippen LogP contribution in [0.2, 0.25) is 5.15 Å². The summed E-state index contributed by atoms with van der Waals surface area (Å²) in [6.45, 7) is 4.13. The molecule has 0 bridgehead atoms. The normalized spacial score (nSPS) is 21.4. The third-order valence-electron chi connectivity index (χ3n) is 4.40. The highest BCUT2D eigenvalue weighted by Gasteiger charge is 2.28. The molecule has 0 spiro atoms. The molecular formula is C14H21ClN4O. The summed E-state index contributed by atoms with van der Waals surface area (Å²) in [6.07, 6.45) is 7.01. The van der Waals surface area contributed by atoms with Crippen molar-refractivity contribution in [2.45, 2.75) is 31.7 Å². The molecule has 0 amide bonds. The summed E-state index contributed by atoms with van der Waals surface area (Å²) < 4.78 is 5.34. The lowest BCUT2D eigenvalue weighted by Crippen LogP contribution is -2.50. The van der Waals surface area contributed by atoms with E-state index in [1.165, 1.54) is 32.0 Å². The summed E-state index contributed by atoms with van der Waals surface area (Å²) in [7, 11) is 1.61. The molecule has 110 valence electrons. The largest absolute Gasteiger partial charge is 0.490 e. The zero-order valence-corrected chi connectivity index (χ0v) is 12.6. The molecule has 2 heterocycles. The van der Waals surface area contributed by atoms with Crippen molar-refractivity contribution in [2.75, 3.05) is 38.2 Å². The van der Waals surface area contributed by atoms with Gasteiger partial charge in [-0.1, -0.05) is 24.4 Å². The fourth-order valence-corrected chi connectivity index (χ4v) is 3.52. The van der Waals surface area contributed by atoms with Crippen LogP contribution >= 0.6 is 11.6 Å². The van der Waals surface area contributed by atoms with Gasteiger partial charge in [0.2, 0.25) is 0 Å². The van der Waals surface area contributed by atoms with Crippen molar-refractivity contribution >= 4 is 17.4 Å². The quantitative estimate of drug-likeness (QED) is 0.800. The van der Waals surface area contributed by atoms with Crippen LogP contribution in [0.4, 0.5) is 5.82 Å². The van der Waals surface area contributed by atoms with Crippen LogP contribution < -0.4 is 9.64 Å². The minimum atomic E-state index is 0.385. The first-order valence-electron chi connectivity index (χ1n) is 7.33. The molecule has 5 nitrogen and oxygen atoms in total. The van der Waals surface area contributed by atoms with Gasteiger partial charge in [-0.05, 0) is 12.8 Å². The standard InChI is InChI=1S/C14H21ClN4O/c1-20-12-13(15)16-10-17-14(12)19-8-6-18(7-9-19)11-4-2-3-5-11/h10-11H,2-9H2,1H3. The molecule has 1 aromatic rings. The third-order valence-corrected chi connectivity index (χ3v) is 4.67. The average Bonchev–Trinajstić information content (AvgIpc) is 3.01. The van der Waals surface area contributed by atoms with E-state index < -0.39 is 0 Å². The molecule has 0 atom stereocenters. The van der Waals surface area contributed by atoms with Gasteiger partial charge in [-0.3, -0.25) is 4.90 Å². The molecule has 0 N–H and O–H groups in total. The Hall–Kier alpha value is -1.07. The summed E-state index contributed by atoms with van der Waals surface area (Å²) in [5, 5.41) is 0.385. The molecule has 0 unspecified atom stereocenters. The highest BCUT2D eigenvalue weighted by Crippen LogP contribution is 2.32. The van der Waals surface area contributed by atoms with Crippen LogP contribution in [0.1, 0.15) is 25.7 Å². The number of hydrogen-bond acceptors (Lipinski definition) is 5. The van der Waals surface area contributed by atoms with E-state index in [0.29, 0.717) is 10.9 Å². The Morgan fingerprint density at radius 3 is 2.50 bits per heavy atom. The predicted octanol–water partition coefficient (Wildman–Crippen LogP) is 2.20. The maximum absolute atomic E-state index is 6.07. The molecule has 1 saturated carbocycles. The molecule has 1 aromatic heterocycles. The average molecular weight is 297 g/mol. The summed E-state index contributed by atoms with van der Waals surface area (Å²) in [5.74, 6) is 1.40. The molecule has 0 aromatic carbocycles. The predicted molar refractivity (Wildman–Crippen MR) is 79.6 cm³/mol. The number of ether oxygens (including phenoxy) is 1. The molecule has 1 saturated heterocycles. The monoisotopic (exact) mass is 296 g/mol. The van der Waals surface area contributed by atoms with Crippen LogP contribution in [0.3, 0.4) is 0 Å². The maximum atomic E-state index is 6.07. The van der Waals surface area contributed by atoms with Crippen molar-refractivity contribution in [1.29, 1.82) is 0 Å². The molecule has 1 aliphatic heterocycles. The van der Waals surface area contributed by atoms with Crippen molar-refractivity contribution < 1.29 is 4.74 Å². The Balaban J connectivity index is 1.67. The van der Waals surface area contributed by atoms with Gasteiger partial charge in [0, 0.05) is 32.2 Å². The molecule has 3 rings (SSSR count). The van der Waals surface area contributed by atoms with Crippen LogP contribution in [-0.4, -0.2) is 54.2 Å². The van der Waals surface area contributed by atoms with E-state index in [-0.39, 0.29) is 0 Å². The SMILES string of the molecule is COc1c(Cl)ncnc1N1CCN(C2CCCC2)CC1. The van der Waals surface area contributed by atoms with Crippen molar-refractivity contribution in [1.82, 2.24) is 14.9 Å². The van der Waals surface area contributed by atoms with Crippen LogP contribution in [0.15, 0.2) is 6.33 Å². The lowest BCUT2D eigenvalue weighted by atomic mass is 10.2. The molecule has 0 radical (unpaired) electrons. The smallest absolute Gasteiger partial charge is 0.199 e. The number of nitrogens with zero attached hydrogens (tertiary/aromatic N) is 4. The number of aromatic nitrogens is 2. The number of rotatable bonds is 3. The highest BCUT2D eigenvalue weighted by molar-refractivity contribution is 6.31. The zero-order valence-electron chi connectivity index (χ0n) is 11.9. The fourth-order valence-electron chi connectivity index (χ4n) is 3.31. The zero-order chi connectivity index (χ0) is 13.9. The molecule has 2 aliphatic rings. The molecule has 20 heavy (non-hydrogen) atoms. The van der Waals surface area contributed by atoms with Gasteiger partial charge in [-0.25, -0.2) is 9.97 Å². The number of methoxy groups -OCH3 is 1. The van der Waals surface area contributed by atoms with Crippen LogP contribution in [0, 0.1) is 0 Å². The first-order valence-corrected chi connectivity index (χ1v) is 7.71. The summed E-state index contributed by atoms with van der Waals surface area (Å²) in [6, 6.07) is 0.799. The van der Waals surface area contributed by atoms with E-state index in [1.807, 2.05) is 0 Å². The molecule has 2 fully saturated rings. The van der Waals surface area contributed by atoms with E-state index in [2.05, 4.69) is 19.8 Å². The van der Waals surface area contributed by atoms with Crippen molar-refractivity contribution in [2.24, 2.45) is 0 Å². The van der Waals surface area contributed by atoms with Crippen molar-refractivity contribution in [3.05, 3.63) is 11.5 Å². The van der Waals surface area contributed by atoms with Gasteiger partial charge in [0.1, 0.15) is 6.33 Å². The molecule has 1 aliphatic carbocycles. The van der Waals surface area contributed by atoms with Gasteiger partial charge in [-0.15, -0.1) is 0 Å². The van der Waals surface area contributed by atoms with Crippen molar-refractivity contribution in [3.63, 3.8) is 0 Å². The topological polar surface area (TPSA) is 41.5 Å². The van der Waals surface area contributed by atoms with Crippen LogP contribution in [0.5, 0.6) is 5.75 Å². The summed E-state index contributed by atoms with van der Waals surface area (Å²) in [5.41, 5.74) is 0. The Morgan fingerprint density at radius 1 is 1.15 bits per heavy atom. The Kier molecular flexibility index (Phi) is 4.27. The lowest BCUT2D eigenvalue weighted by Gasteiger charge is -2.38. The first kappa shape index (κ1) is 13.9. The number of halogens is 1. The molecular weight excluding hydrogens is 276 g/mol. The molecule has 6 heteroatoms. The lowest BCUT2D eigenvalue weighted by molar-refractivity contribution is 0.187. The third kappa shape index (κ3) is 2.69. The summed E-state index contributed by atoms with van der Waals surface area (Å²) >= 11 is 6.07. The summed E-state index contributed by atoms with van der Waals surface area (Å²) in [4.78, 5) is 13.2. The Labute approximate surface area is 124 Å². The number of anilines is 1. The van der Waals surface area contributed by atoms with Gasteiger partial charge in [-0.2, -0.15) is 0 Å². The minimum Gasteiger partial charge on any atom is -0.490 e. The van der Waals surface area contributed by atoms with Gasteiger partial charge >= 0.3 is 0 Å². The first-order chi connectivity index (χ1) is 9.79. The van der Waals surface area contributed by atoms with Crippen molar-refractivity contribution in [3.8, 4) is 5.75 Å². The van der Waals surface area contributed by atoms with E-state index in [1.54, 1.807) is 7.11 Å². The minimum absolute atomic E-state index is 0.385. The number of hydrogen-bond donors (Lipinski definition) is 0. The van der Waals surface area contributed by atoms with E-state index in [9.17, 15) is 0 Å². The maximum Gasteiger partial charge on any atom is 0.199 e. The van der Waals surface area contributed by atoms with Gasteiger partial charge in [0.25, 0.3) is 0 Å². The Bertz CT molecular complexity index is 456. The number of piperazine rings is 1. The fraction of sp³-hybridized carbons (Fsp3) is 0.714. The Morgan fingerprint density at radius 2 is 1.85 bits per heavy atom. The van der Waals surface area contributed by atoms with E-state index in [4.69, 9.17) is 16.3 Å². The highest BCUT2D eigenvalue weighted by atomic mass is 35.5. The van der Waals surface area contributed by atoms with Crippen LogP contribution in [0.25, 0.3) is 0 Å². The van der Waals surface area contributed by atoms with Crippen LogP contribution in [-0.2, 0) is 0 Å². The van der Waals surface area contributed by atoms with Gasteiger partial charge in [0.05, 0.1) is 7.11 Å². The van der Waals surface area contributed by atoms with Gasteiger partial charge in [0.15, 0.2) is 16.7 Å². The second-order valence-corrected chi connectivity index (χ2v) is 5.84.